The van der Waals surface area contributed by atoms with Crippen LogP contribution in [0.3, 0.4) is 0 Å². The molecule has 4 heteroatoms. The molecule has 0 spiro atoms. The molecule has 0 saturated heterocycles. The maximum atomic E-state index is 5.13. The molecule has 1 aromatic rings. The molecule has 0 bridgehead atoms. The molecule has 16 heavy (non-hydrogen) atoms. The maximum absolute atomic E-state index is 5.13. The lowest BCUT2D eigenvalue weighted by Crippen LogP contribution is -2.33. The van der Waals surface area contributed by atoms with Crippen LogP contribution in [0.4, 0.5) is 0 Å². The number of hydrogen-bond acceptors (Lipinski definition) is 3. The molecule has 2 unspecified atom stereocenters. The average Bonchev–Trinajstić information content (AvgIpc) is 2.74. The summed E-state index contributed by atoms with van der Waals surface area (Å²) in [7, 11) is 1.73. The fourth-order valence-electron chi connectivity index (χ4n) is 1.82. The van der Waals surface area contributed by atoms with Crippen molar-refractivity contribution in [1.82, 2.24) is 15.1 Å². The van der Waals surface area contributed by atoms with Crippen molar-refractivity contribution in [3.05, 3.63) is 18.0 Å². The molecule has 0 aromatic carbocycles. The normalized spacial score (nSPS) is 15.0. The Hall–Kier alpha value is -0.870. The molecule has 0 aliphatic rings. The van der Waals surface area contributed by atoms with Gasteiger partial charge < -0.3 is 10.1 Å². The highest BCUT2D eigenvalue weighted by molar-refractivity contribution is 5.10. The summed E-state index contributed by atoms with van der Waals surface area (Å²) in [6.45, 7) is 8.07. The predicted molar refractivity (Wildman–Crippen MR) is 65.4 cm³/mol. The fourth-order valence-corrected chi connectivity index (χ4v) is 1.82. The van der Waals surface area contributed by atoms with E-state index in [0.717, 1.165) is 19.6 Å². The molecule has 1 N–H and O–H groups in total. The molecule has 0 fully saturated rings. The molecular weight excluding hydrogens is 202 g/mol. The zero-order chi connectivity index (χ0) is 12.0. The Morgan fingerprint density at radius 1 is 1.50 bits per heavy atom. The lowest BCUT2D eigenvalue weighted by atomic mass is 10.1. The molecule has 1 heterocycles. The summed E-state index contributed by atoms with van der Waals surface area (Å²) in [4.78, 5) is 0. The summed E-state index contributed by atoms with van der Waals surface area (Å²) >= 11 is 0. The van der Waals surface area contributed by atoms with Crippen molar-refractivity contribution in [2.75, 3.05) is 13.7 Å². The molecular formula is C12H23N3O. The van der Waals surface area contributed by atoms with Crippen LogP contribution in [-0.4, -0.2) is 29.5 Å². The van der Waals surface area contributed by atoms with Crippen LogP contribution in [0, 0.1) is 0 Å². The monoisotopic (exact) mass is 225 g/mol. The summed E-state index contributed by atoms with van der Waals surface area (Å²) in [5, 5.41) is 7.85. The highest BCUT2D eigenvalue weighted by Crippen LogP contribution is 2.16. The SMILES string of the molecule is CCC(NC(C)COC)c1cnn(CC)c1. The van der Waals surface area contributed by atoms with Gasteiger partial charge in [-0.05, 0) is 20.3 Å². The summed E-state index contributed by atoms with van der Waals surface area (Å²) in [5.41, 5.74) is 1.26. The van der Waals surface area contributed by atoms with E-state index in [1.165, 1.54) is 5.56 Å². The van der Waals surface area contributed by atoms with E-state index < -0.39 is 0 Å². The van der Waals surface area contributed by atoms with Crippen LogP contribution in [-0.2, 0) is 11.3 Å². The van der Waals surface area contributed by atoms with Gasteiger partial charge in [-0.3, -0.25) is 4.68 Å². The van der Waals surface area contributed by atoms with E-state index in [1.807, 2.05) is 10.9 Å². The first kappa shape index (κ1) is 13.2. The van der Waals surface area contributed by atoms with Gasteiger partial charge in [-0.2, -0.15) is 5.10 Å². The third-order valence-electron chi connectivity index (χ3n) is 2.69. The van der Waals surface area contributed by atoms with E-state index in [1.54, 1.807) is 7.11 Å². The minimum absolute atomic E-state index is 0.361. The number of aryl methyl sites for hydroxylation is 1. The van der Waals surface area contributed by atoms with Gasteiger partial charge in [-0.15, -0.1) is 0 Å². The van der Waals surface area contributed by atoms with Gasteiger partial charge in [-0.1, -0.05) is 6.92 Å². The maximum Gasteiger partial charge on any atom is 0.0613 e. The largest absolute Gasteiger partial charge is 0.383 e. The van der Waals surface area contributed by atoms with Crippen molar-refractivity contribution < 1.29 is 4.74 Å². The molecule has 0 aliphatic heterocycles. The summed E-state index contributed by atoms with van der Waals surface area (Å²) in [5.74, 6) is 0. The van der Waals surface area contributed by atoms with Crippen molar-refractivity contribution in [3.8, 4) is 0 Å². The van der Waals surface area contributed by atoms with Crippen molar-refractivity contribution in [2.24, 2.45) is 0 Å². The van der Waals surface area contributed by atoms with Gasteiger partial charge in [0.05, 0.1) is 12.8 Å². The summed E-state index contributed by atoms with van der Waals surface area (Å²) in [6.07, 6.45) is 5.12. The first-order chi connectivity index (χ1) is 7.71. The Kier molecular flexibility index (Phi) is 5.49. The van der Waals surface area contributed by atoms with Crippen LogP contribution in [0.2, 0.25) is 0 Å². The van der Waals surface area contributed by atoms with Crippen LogP contribution in [0.25, 0.3) is 0 Å². The lowest BCUT2D eigenvalue weighted by Gasteiger charge is -2.20. The minimum Gasteiger partial charge on any atom is -0.383 e. The highest BCUT2D eigenvalue weighted by atomic mass is 16.5. The number of rotatable bonds is 7. The second-order valence-corrected chi connectivity index (χ2v) is 4.11. The van der Waals surface area contributed by atoms with Gasteiger partial charge in [0.2, 0.25) is 0 Å². The van der Waals surface area contributed by atoms with Crippen molar-refractivity contribution in [2.45, 2.75) is 45.8 Å². The number of ether oxygens (including phenoxy) is 1. The van der Waals surface area contributed by atoms with Gasteiger partial charge in [0.25, 0.3) is 0 Å². The van der Waals surface area contributed by atoms with Gasteiger partial charge >= 0.3 is 0 Å². The molecule has 0 saturated carbocycles. The fraction of sp³-hybridized carbons (Fsp3) is 0.750. The van der Waals surface area contributed by atoms with E-state index in [4.69, 9.17) is 4.74 Å². The number of methoxy groups -OCH3 is 1. The molecule has 0 radical (unpaired) electrons. The number of nitrogens with zero attached hydrogens (tertiary/aromatic N) is 2. The van der Waals surface area contributed by atoms with Crippen LogP contribution >= 0.6 is 0 Å². The van der Waals surface area contributed by atoms with E-state index in [2.05, 4.69) is 37.4 Å². The highest BCUT2D eigenvalue weighted by Gasteiger charge is 2.13. The first-order valence-corrected chi connectivity index (χ1v) is 5.98. The van der Waals surface area contributed by atoms with Crippen LogP contribution in [0.5, 0.6) is 0 Å². The van der Waals surface area contributed by atoms with Crippen molar-refractivity contribution in [3.63, 3.8) is 0 Å². The third-order valence-corrected chi connectivity index (χ3v) is 2.69. The Morgan fingerprint density at radius 2 is 2.25 bits per heavy atom. The molecule has 4 nitrogen and oxygen atoms in total. The zero-order valence-corrected chi connectivity index (χ0v) is 10.7. The van der Waals surface area contributed by atoms with Gasteiger partial charge in [0.1, 0.15) is 0 Å². The first-order valence-electron chi connectivity index (χ1n) is 5.98. The van der Waals surface area contributed by atoms with Gasteiger partial charge in [-0.25, -0.2) is 0 Å². The molecule has 0 amide bonds. The molecule has 1 aromatic heterocycles. The molecule has 0 aliphatic carbocycles. The van der Waals surface area contributed by atoms with Crippen molar-refractivity contribution in [1.29, 1.82) is 0 Å². The summed E-state index contributed by atoms with van der Waals surface area (Å²) in [6, 6.07) is 0.727. The van der Waals surface area contributed by atoms with Crippen LogP contribution < -0.4 is 5.32 Å². The zero-order valence-electron chi connectivity index (χ0n) is 10.7. The van der Waals surface area contributed by atoms with Crippen molar-refractivity contribution >= 4 is 0 Å². The van der Waals surface area contributed by atoms with Crippen LogP contribution in [0.1, 0.15) is 38.8 Å². The Labute approximate surface area is 98.0 Å². The number of hydrogen-bond donors (Lipinski definition) is 1. The average molecular weight is 225 g/mol. The second-order valence-electron chi connectivity index (χ2n) is 4.11. The minimum atomic E-state index is 0.361. The standard InChI is InChI=1S/C12H23N3O/c1-5-12(14-10(3)9-16-4)11-7-13-15(6-2)8-11/h7-8,10,12,14H,5-6,9H2,1-4H3. The lowest BCUT2D eigenvalue weighted by molar-refractivity contribution is 0.166. The topological polar surface area (TPSA) is 39.1 Å². The molecule has 1 rings (SSSR count). The second kappa shape index (κ2) is 6.66. The van der Waals surface area contributed by atoms with E-state index in [-0.39, 0.29) is 0 Å². The van der Waals surface area contributed by atoms with E-state index >= 15 is 0 Å². The molecule has 2 atom stereocenters. The quantitative estimate of drug-likeness (QED) is 0.771. The van der Waals surface area contributed by atoms with Gasteiger partial charge in [0, 0.05) is 37.5 Å². The predicted octanol–water partition coefficient (Wildman–Crippen LogP) is 1.98. The smallest absolute Gasteiger partial charge is 0.0613 e. The Balaban J connectivity index is 2.59. The van der Waals surface area contributed by atoms with E-state index in [0.29, 0.717) is 12.1 Å². The molecule has 92 valence electrons. The third kappa shape index (κ3) is 3.61. The summed E-state index contributed by atoms with van der Waals surface area (Å²) < 4.78 is 7.09. The number of aromatic nitrogens is 2. The van der Waals surface area contributed by atoms with Gasteiger partial charge in [0.15, 0.2) is 0 Å². The Morgan fingerprint density at radius 3 is 2.75 bits per heavy atom. The van der Waals surface area contributed by atoms with Crippen LogP contribution in [0.15, 0.2) is 12.4 Å². The van der Waals surface area contributed by atoms with E-state index in [9.17, 15) is 0 Å². The number of nitrogens with one attached hydrogen (secondary N) is 1. The Bertz CT molecular complexity index is 298.